The SMILES string of the molecule is CCCCCCCCCCCCCCCCCC(=O)OCC(COP(=O)([O-])OCC[N+](C)(C)C)OC(=O)CCCCCCCCCCCCC1(CCCC)N=N1. The minimum absolute atomic E-state index is 0.0177. The Balaban J connectivity index is 2.24. The Morgan fingerprint density at radius 1 is 0.571 bits per heavy atom. The zero-order valence-corrected chi connectivity index (χ0v) is 37.8. The molecule has 1 aliphatic heterocycles. The molecule has 1 aliphatic rings. The maximum atomic E-state index is 12.7. The fourth-order valence-corrected chi connectivity index (χ4v) is 7.57. The highest BCUT2D eigenvalue weighted by Gasteiger charge is 2.38. The van der Waals surface area contributed by atoms with Gasteiger partial charge in [-0.25, -0.2) is 0 Å². The largest absolute Gasteiger partial charge is 0.756 e. The molecule has 11 nitrogen and oxygen atoms in total. The number of nitrogens with zero attached hydrogens (tertiary/aromatic N) is 3. The molecule has 0 fully saturated rings. The van der Waals surface area contributed by atoms with E-state index in [9.17, 15) is 19.0 Å². The second-order valence-corrected chi connectivity index (χ2v) is 18.8. The summed E-state index contributed by atoms with van der Waals surface area (Å²) in [4.78, 5) is 37.6. The Kier molecular flexibility index (Phi) is 31.4. The minimum atomic E-state index is -4.63. The Hall–Kier alpha value is -1.39. The van der Waals surface area contributed by atoms with Crippen LogP contribution in [0.4, 0.5) is 0 Å². The number of phosphoric acid groups is 1. The number of ether oxygens (including phenoxy) is 2. The first kappa shape index (κ1) is 52.6. The molecule has 0 saturated heterocycles. The van der Waals surface area contributed by atoms with Crippen molar-refractivity contribution in [2.24, 2.45) is 10.2 Å². The average Bonchev–Trinajstić information content (AvgIpc) is 3.92. The van der Waals surface area contributed by atoms with Gasteiger partial charge in [-0.2, -0.15) is 10.2 Å². The molecule has 0 bridgehead atoms. The molecule has 0 saturated carbocycles. The quantitative estimate of drug-likeness (QED) is 0.0257. The minimum Gasteiger partial charge on any atom is -0.756 e. The number of phosphoric ester groups is 1. The number of unbranched alkanes of at least 4 members (excludes halogenated alkanes) is 24. The van der Waals surface area contributed by atoms with Gasteiger partial charge in [0.25, 0.3) is 7.82 Å². The number of rotatable bonds is 42. The van der Waals surface area contributed by atoms with Crippen LogP contribution in [0.3, 0.4) is 0 Å². The first-order valence-corrected chi connectivity index (χ1v) is 24.6. The fourth-order valence-electron chi connectivity index (χ4n) is 6.85. The molecular weight excluding hydrogens is 729 g/mol. The fraction of sp³-hybridized carbons (Fsp3) is 0.955. The van der Waals surface area contributed by atoms with Crippen LogP contribution in [-0.2, 0) is 32.7 Å². The van der Waals surface area contributed by atoms with E-state index in [1.165, 1.54) is 128 Å². The molecular formula is C44H86N3O8P. The number of carbonyl (C=O) groups is 2. The number of carbonyl (C=O) groups excluding carboxylic acids is 2. The van der Waals surface area contributed by atoms with Crippen LogP contribution in [0.25, 0.3) is 0 Å². The van der Waals surface area contributed by atoms with E-state index < -0.39 is 26.5 Å². The molecule has 2 unspecified atom stereocenters. The molecule has 12 heteroatoms. The summed E-state index contributed by atoms with van der Waals surface area (Å²) < 4.78 is 34.0. The smallest absolute Gasteiger partial charge is 0.306 e. The van der Waals surface area contributed by atoms with Crippen LogP contribution in [0.15, 0.2) is 10.2 Å². The molecule has 0 aromatic carbocycles. The third-order valence-corrected chi connectivity index (χ3v) is 11.6. The Labute approximate surface area is 343 Å². The molecule has 56 heavy (non-hydrogen) atoms. The summed E-state index contributed by atoms with van der Waals surface area (Å²) in [7, 11) is 1.16. The number of esters is 2. The standard InChI is InChI=1S/C44H86N3O8P/c1-6-8-10-11-12-13-14-15-16-17-18-21-24-27-30-33-42(48)52-39-41(40-54-56(50,51)53-38-37-47(3,4)5)55-43(49)34-31-28-25-22-19-20-23-26-29-32-36-44(45-46-44)35-9-7-2/h41H,6-40H2,1-5H3. The maximum absolute atomic E-state index is 12.7. The highest BCUT2D eigenvalue weighted by atomic mass is 31.2. The Morgan fingerprint density at radius 3 is 1.43 bits per heavy atom. The van der Waals surface area contributed by atoms with Crippen LogP contribution in [0.2, 0.25) is 0 Å². The lowest BCUT2D eigenvalue weighted by Crippen LogP contribution is -2.37. The van der Waals surface area contributed by atoms with Crippen molar-refractivity contribution in [3.63, 3.8) is 0 Å². The van der Waals surface area contributed by atoms with Crippen molar-refractivity contribution in [3.05, 3.63) is 0 Å². The summed E-state index contributed by atoms with van der Waals surface area (Å²) in [6.07, 6.45) is 34.1. The van der Waals surface area contributed by atoms with Gasteiger partial charge in [0.1, 0.15) is 19.8 Å². The molecule has 2 atom stereocenters. The topological polar surface area (TPSA) is 136 Å². The number of hydrogen-bond acceptors (Lipinski definition) is 10. The molecule has 0 aromatic rings. The lowest BCUT2D eigenvalue weighted by molar-refractivity contribution is -0.870. The lowest BCUT2D eigenvalue weighted by atomic mass is 9.98. The third-order valence-electron chi connectivity index (χ3n) is 10.7. The predicted octanol–water partition coefficient (Wildman–Crippen LogP) is 11.9. The lowest BCUT2D eigenvalue weighted by Gasteiger charge is -2.28. The van der Waals surface area contributed by atoms with Crippen molar-refractivity contribution in [2.75, 3.05) is 47.5 Å². The monoisotopic (exact) mass is 816 g/mol. The molecule has 0 aliphatic carbocycles. The van der Waals surface area contributed by atoms with E-state index in [4.69, 9.17) is 18.5 Å². The van der Waals surface area contributed by atoms with Gasteiger partial charge >= 0.3 is 11.9 Å². The number of hydrogen-bond donors (Lipinski definition) is 0. The summed E-state index contributed by atoms with van der Waals surface area (Å²) in [5.74, 6) is -0.835. The number of quaternary nitrogens is 1. The second kappa shape index (κ2) is 33.4. The molecule has 330 valence electrons. The van der Waals surface area contributed by atoms with Gasteiger partial charge in [0.2, 0.25) is 0 Å². The molecule has 0 spiro atoms. The van der Waals surface area contributed by atoms with Crippen molar-refractivity contribution < 1.29 is 42.1 Å². The first-order chi connectivity index (χ1) is 26.9. The maximum Gasteiger partial charge on any atom is 0.306 e. The van der Waals surface area contributed by atoms with Crippen LogP contribution in [-0.4, -0.2) is 75.7 Å². The summed E-state index contributed by atoms with van der Waals surface area (Å²) in [6.45, 7) is 4.19. The van der Waals surface area contributed by atoms with E-state index in [0.29, 0.717) is 17.4 Å². The van der Waals surface area contributed by atoms with Crippen molar-refractivity contribution in [3.8, 4) is 0 Å². The van der Waals surface area contributed by atoms with Gasteiger partial charge in [-0.15, -0.1) is 0 Å². The van der Waals surface area contributed by atoms with Crippen molar-refractivity contribution >= 4 is 19.8 Å². The van der Waals surface area contributed by atoms with E-state index >= 15 is 0 Å². The van der Waals surface area contributed by atoms with Gasteiger partial charge in [-0.3, -0.25) is 14.2 Å². The normalized spacial score (nSPS) is 15.1. The van der Waals surface area contributed by atoms with Gasteiger partial charge in [0.05, 0.1) is 27.7 Å². The highest BCUT2D eigenvalue weighted by Crippen LogP contribution is 2.39. The zero-order valence-electron chi connectivity index (χ0n) is 36.9. The van der Waals surface area contributed by atoms with Crippen molar-refractivity contribution in [2.45, 2.75) is 225 Å². The zero-order chi connectivity index (χ0) is 41.2. The van der Waals surface area contributed by atoms with Gasteiger partial charge in [0, 0.05) is 12.8 Å². The summed E-state index contributed by atoms with van der Waals surface area (Å²) in [5.41, 5.74) is -0.0177. The molecule has 0 N–H and O–H groups in total. The van der Waals surface area contributed by atoms with E-state index in [1.54, 1.807) is 0 Å². The first-order valence-electron chi connectivity index (χ1n) is 23.1. The molecule has 1 heterocycles. The van der Waals surface area contributed by atoms with Crippen LogP contribution in [0, 0.1) is 0 Å². The van der Waals surface area contributed by atoms with Crippen LogP contribution >= 0.6 is 7.82 Å². The average molecular weight is 816 g/mol. The molecule has 0 aromatic heterocycles. The van der Waals surface area contributed by atoms with Gasteiger partial charge < -0.3 is 27.9 Å². The van der Waals surface area contributed by atoms with Crippen molar-refractivity contribution in [1.82, 2.24) is 0 Å². The van der Waals surface area contributed by atoms with E-state index in [0.717, 1.165) is 51.4 Å². The van der Waals surface area contributed by atoms with Gasteiger partial charge in [-0.05, 0) is 38.5 Å². The van der Waals surface area contributed by atoms with E-state index in [2.05, 4.69) is 24.1 Å². The highest BCUT2D eigenvalue weighted by molar-refractivity contribution is 7.45. The molecule has 0 amide bonds. The molecule has 0 radical (unpaired) electrons. The molecule has 1 rings (SSSR count). The predicted molar refractivity (Wildman–Crippen MR) is 225 cm³/mol. The third kappa shape index (κ3) is 33.6. The summed E-state index contributed by atoms with van der Waals surface area (Å²) >= 11 is 0. The summed E-state index contributed by atoms with van der Waals surface area (Å²) in [6, 6.07) is 0. The van der Waals surface area contributed by atoms with Gasteiger partial charge in [0.15, 0.2) is 11.8 Å². The van der Waals surface area contributed by atoms with E-state index in [1.807, 2.05) is 21.1 Å². The Morgan fingerprint density at radius 2 is 0.982 bits per heavy atom. The Bertz CT molecular complexity index is 1050. The van der Waals surface area contributed by atoms with Crippen LogP contribution < -0.4 is 4.89 Å². The van der Waals surface area contributed by atoms with E-state index in [-0.39, 0.29) is 37.7 Å². The second-order valence-electron chi connectivity index (χ2n) is 17.4. The van der Waals surface area contributed by atoms with Gasteiger partial charge in [-0.1, -0.05) is 162 Å². The van der Waals surface area contributed by atoms with Crippen LogP contribution in [0.5, 0.6) is 0 Å². The number of likely N-dealkylation sites (N-methyl/N-ethyl adjacent to an activating group) is 1. The van der Waals surface area contributed by atoms with Crippen molar-refractivity contribution in [1.29, 1.82) is 0 Å². The van der Waals surface area contributed by atoms with Crippen LogP contribution in [0.1, 0.15) is 213 Å². The summed E-state index contributed by atoms with van der Waals surface area (Å²) in [5, 5.41) is 8.60.